The number of halogens is 1. The molecule has 2 rings (SSSR count). The van der Waals surface area contributed by atoms with E-state index in [1.54, 1.807) is 5.38 Å². The number of primary amides is 1. The summed E-state index contributed by atoms with van der Waals surface area (Å²) in [5.41, 5.74) is 5.27. The summed E-state index contributed by atoms with van der Waals surface area (Å²) in [7, 11) is 0. The molecule has 1 aromatic rings. The summed E-state index contributed by atoms with van der Waals surface area (Å²) in [6.45, 7) is 0.231. The van der Waals surface area contributed by atoms with Crippen molar-refractivity contribution >= 4 is 34.0 Å². The Morgan fingerprint density at radius 3 is 2.81 bits per heavy atom. The summed E-state index contributed by atoms with van der Waals surface area (Å²) in [5.74, 6) is -0.321. The smallest absolute Gasteiger partial charge is 0.237 e. The van der Waals surface area contributed by atoms with E-state index in [1.807, 2.05) is 4.90 Å². The number of rotatable bonds is 4. The van der Waals surface area contributed by atoms with Gasteiger partial charge in [0, 0.05) is 11.4 Å². The van der Waals surface area contributed by atoms with Crippen molar-refractivity contribution in [3.05, 3.63) is 10.5 Å². The first-order valence-corrected chi connectivity index (χ1v) is 6.58. The second-order valence-electron chi connectivity index (χ2n) is 3.99. The van der Waals surface area contributed by atoms with Gasteiger partial charge in [0.05, 0.1) is 6.54 Å². The van der Waals surface area contributed by atoms with E-state index in [2.05, 4.69) is 4.98 Å². The van der Waals surface area contributed by atoms with E-state index in [-0.39, 0.29) is 12.5 Å². The first-order chi connectivity index (χ1) is 7.66. The number of hydrogen-bond acceptors (Lipinski definition) is 4. The highest BCUT2D eigenvalue weighted by Gasteiger charge is 2.25. The van der Waals surface area contributed by atoms with Crippen molar-refractivity contribution in [3.63, 3.8) is 0 Å². The molecule has 6 heteroatoms. The predicted octanol–water partition coefficient (Wildman–Crippen LogP) is 2.03. The summed E-state index contributed by atoms with van der Waals surface area (Å²) in [6, 6.07) is 0.384. The maximum atomic E-state index is 11.1. The fourth-order valence-electron chi connectivity index (χ4n) is 2.11. The molecular weight excluding hydrogens is 246 g/mol. The molecular formula is C10H14ClN3OS. The van der Waals surface area contributed by atoms with Crippen LogP contribution < -0.4 is 10.6 Å². The van der Waals surface area contributed by atoms with E-state index >= 15 is 0 Å². The first kappa shape index (κ1) is 11.7. The Labute approximate surface area is 103 Å². The summed E-state index contributed by atoms with van der Waals surface area (Å²) in [6.07, 6.45) is 4.62. The zero-order valence-corrected chi connectivity index (χ0v) is 10.4. The number of amides is 1. The third-order valence-corrected chi connectivity index (χ3v) is 4.00. The Kier molecular flexibility index (Phi) is 3.66. The molecule has 0 aromatic carbocycles. The van der Waals surface area contributed by atoms with Crippen LogP contribution in [0.3, 0.4) is 0 Å². The highest BCUT2D eigenvalue weighted by atomic mass is 35.5. The molecule has 88 valence electrons. The molecule has 1 amide bonds. The Morgan fingerprint density at radius 2 is 2.31 bits per heavy atom. The molecule has 16 heavy (non-hydrogen) atoms. The zero-order chi connectivity index (χ0) is 11.5. The molecule has 1 aliphatic rings. The predicted molar refractivity (Wildman–Crippen MR) is 65.9 cm³/mol. The number of carbonyl (C=O) groups is 1. The second-order valence-corrected chi connectivity index (χ2v) is 5.21. The number of hydrogen-bond donors (Lipinski definition) is 1. The van der Waals surface area contributed by atoms with E-state index in [4.69, 9.17) is 17.3 Å². The molecule has 1 fully saturated rings. The zero-order valence-electron chi connectivity index (χ0n) is 8.86. The van der Waals surface area contributed by atoms with E-state index in [0.717, 1.165) is 18.0 Å². The average Bonchev–Trinajstić information content (AvgIpc) is 2.84. The van der Waals surface area contributed by atoms with Gasteiger partial charge < -0.3 is 10.6 Å². The molecule has 0 unspecified atom stereocenters. The van der Waals surface area contributed by atoms with Gasteiger partial charge >= 0.3 is 0 Å². The van der Waals surface area contributed by atoms with Crippen LogP contribution in [0.2, 0.25) is 5.15 Å². The van der Waals surface area contributed by atoms with Gasteiger partial charge in [-0.2, -0.15) is 0 Å². The monoisotopic (exact) mass is 259 g/mol. The van der Waals surface area contributed by atoms with Gasteiger partial charge in [0.2, 0.25) is 5.91 Å². The van der Waals surface area contributed by atoms with Gasteiger partial charge in [-0.25, -0.2) is 4.98 Å². The molecule has 4 nitrogen and oxygen atoms in total. The number of aromatic nitrogens is 1. The van der Waals surface area contributed by atoms with Crippen molar-refractivity contribution in [3.8, 4) is 0 Å². The lowest BCUT2D eigenvalue weighted by molar-refractivity contribution is -0.116. The third kappa shape index (κ3) is 2.65. The normalized spacial score (nSPS) is 16.6. The molecule has 0 aliphatic heterocycles. The van der Waals surface area contributed by atoms with Gasteiger partial charge in [0.1, 0.15) is 5.15 Å². The van der Waals surface area contributed by atoms with Crippen molar-refractivity contribution in [1.82, 2.24) is 4.98 Å². The summed E-state index contributed by atoms with van der Waals surface area (Å²) in [5, 5.41) is 3.06. The molecule has 1 aliphatic carbocycles. The second kappa shape index (κ2) is 5.01. The summed E-state index contributed by atoms with van der Waals surface area (Å²) < 4.78 is 0. The summed E-state index contributed by atoms with van der Waals surface area (Å²) >= 11 is 7.27. The van der Waals surface area contributed by atoms with Crippen molar-refractivity contribution < 1.29 is 4.79 Å². The quantitative estimate of drug-likeness (QED) is 0.900. The van der Waals surface area contributed by atoms with Crippen LogP contribution in [0, 0.1) is 0 Å². The van der Waals surface area contributed by atoms with Crippen LogP contribution in [0.5, 0.6) is 0 Å². The van der Waals surface area contributed by atoms with Gasteiger partial charge in [-0.1, -0.05) is 24.4 Å². The van der Waals surface area contributed by atoms with E-state index in [0.29, 0.717) is 11.2 Å². The first-order valence-electron chi connectivity index (χ1n) is 5.33. The lowest BCUT2D eigenvalue weighted by Crippen LogP contribution is -2.40. The Hall–Kier alpha value is -0.810. The third-order valence-electron chi connectivity index (χ3n) is 2.80. The maximum absolute atomic E-state index is 11.1. The highest BCUT2D eigenvalue weighted by molar-refractivity contribution is 7.14. The van der Waals surface area contributed by atoms with Gasteiger partial charge in [-0.3, -0.25) is 4.79 Å². The fraction of sp³-hybridized carbons (Fsp3) is 0.600. The van der Waals surface area contributed by atoms with Crippen LogP contribution in [0.25, 0.3) is 0 Å². The van der Waals surface area contributed by atoms with Gasteiger partial charge in [0.25, 0.3) is 0 Å². The van der Waals surface area contributed by atoms with Crippen LogP contribution in [-0.2, 0) is 4.79 Å². The molecule has 0 radical (unpaired) electrons. The number of anilines is 1. The number of nitrogens with two attached hydrogens (primary N) is 1. The van der Waals surface area contributed by atoms with E-state index < -0.39 is 0 Å². The molecule has 2 N–H and O–H groups in total. The molecule has 1 heterocycles. The molecule has 1 saturated carbocycles. The van der Waals surface area contributed by atoms with Crippen molar-refractivity contribution in [2.45, 2.75) is 31.7 Å². The molecule has 1 aromatic heterocycles. The summed E-state index contributed by atoms with van der Waals surface area (Å²) in [4.78, 5) is 17.3. The lowest BCUT2D eigenvalue weighted by atomic mass is 10.2. The SMILES string of the molecule is NC(=O)CN(c1nc(Cl)cs1)C1CCCC1. The molecule has 0 saturated heterocycles. The number of thiazole rings is 1. The lowest BCUT2D eigenvalue weighted by Gasteiger charge is -2.26. The van der Waals surface area contributed by atoms with Gasteiger partial charge in [-0.05, 0) is 12.8 Å². The topological polar surface area (TPSA) is 59.2 Å². The minimum atomic E-state index is -0.321. The van der Waals surface area contributed by atoms with Crippen LogP contribution in [-0.4, -0.2) is 23.5 Å². The van der Waals surface area contributed by atoms with Crippen molar-refractivity contribution in [1.29, 1.82) is 0 Å². The Balaban J connectivity index is 2.16. The van der Waals surface area contributed by atoms with Crippen LogP contribution in [0.15, 0.2) is 5.38 Å². The van der Waals surface area contributed by atoms with Gasteiger partial charge in [0.15, 0.2) is 5.13 Å². The molecule has 0 spiro atoms. The van der Waals surface area contributed by atoms with E-state index in [9.17, 15) is 4.79 Å². The van der Waals surface area contributed by atoms with Crippen LogP contribution >= 0.6 is 22.9 Å². The van der Waals surface area contributed by atoms with Crippen molar-refractivity contribution in [2.24, 2.45) is 5.73 Å². The Morgan fingerprint density at radius 1 is 1.62 bits per heavy atom. The Bertz CT molecular complexity index is 376. The highest BCUT2D eigenvalue weighted by Crippen LogP contribution is 2.31. The molecule has 0 bridgehead atoms. The number of carbonyl (C=O) groups excluding carboxylic acids is 1. The number of nitrogens with zero attached hydrogens (tertiary/aromatic N) is 2. The largest absolute Gasteiger partial charge is 0.368 e. The minimum Gasteiger partial charge on any atom is -0.368 e. The fourth-order valence-corrected chi connectivity index (χ4v) is 3.13. The van der Waals surface area contributed by atoms with Gasteiger partial charge in [-0.15, -0.1) is 11.3 Å². The average molecular weight is 260 g/mol. The maximum Gasteiger partial charge on any atom is 0.237 e. The van der Waals surface area contributed by atoms with Crippen molar-refractivity contribution in [2.75, 3.05) is 11.4 Å². The standard InChI is InChI=1S/C10H14ClN3OS/c11-8-6-16-10(13-8)14(5-9(12)15)7-3-1-2-4-7/h6-7H,1-5H2,(H2,12,15). The molecule has 0 atom stereocenters. The van der Waals surface area contributed by atoms with E-state index in [1.165, 1.54) is 24.2 Å². The van der Waals surface area contributed by atoms with Crippen LogP contribution in [0.1, 0.15) is 25.7 Å². The van der Waals surface area contributed by atoms with Crippen LogP contribution in [0.4, 0.5) is 5.13 Å². The minimum absolute atomic E-state index is 0.231.